The van der Waals surface area contributed by atoms with E-state index in [1.165, 1.54) is 0 Å². The van der Waals surface area contributed by atoms with Crippen molar-refractivity contribution in [1.29, 1.82) is 0 Å². The van der Waals surface area contributed by atoms with Crippen LogP contribution in [0.3, 0.4) is 0 Å². The van der Waals surface area contributed by atoms with Gasteiger partial charge in [0.05, 0.1) is 6.61 Å². The van der Waals surface area contributed by atoms with Crippen molar-refractivity contribution in [3.8, 4) is 11.4 Å². The minimum atomic E-state index is -0.105. The Morgan fingerprint density at radius 1 is 1.40 bits per heavy atom. The molecule has 0 unspecified atom stereocenters. The normalized spacial score (nSPS) is 10.5. The molecule has 0 aliphatic heterocycles. The maximum Gasteiger partial charge on any atom is 0.253 e. The number of H-pyrrole nitrogens is 1. The first kappa shape index (κ1) is 14.1. The predicted octanol–water partition coefficient (Wildman–Crippen LogP) is 0.711. The Morgan fingerprint density at radius 3 is 2.90 bits per heavy atom. The number of aromatic nitrogens is 4. The number of carbonyl (C=O) groups is 1. The molecule has 0 radical (unpaired) electrons. The van der Waals surface area contributed by atoms with Gasteiger partial charge in [-0.15, -0.1) is 10.2 Å². The van der Waals surface area contributed by atoms with Crippen molar-refractivity contribution in [2.75, 3.05) is 19.7 Å². The minimum absolute atomic E-state index is 0.0454. The first-order valence-corrected chi connectivity index (χ1v) is 6.50. The largest absolute Gasteiger partial charge is 0.395 e. The Labute approximate surface area is 116 Å². The van der Waals surface area contributed by atoms with Gasteiger partial charge in [0.2, 0.25) is 5.82 Å². The van der Waals surface area contributed by atoms with Crippen molar-refractivity contribution in [2.45, 2.75) is 13.3 Å². The van der Waals surface area contributed by atoms with Crippen LogP contribution in [0.25, 0.3) is 11.4 Å². The number of amides is 1. The molecule has 106 valence electrons. The van der Waals surface area contributed by atoms with E-state index < -0.39 is 0 Å². The quantitative estimate of drug-likeness (QED) is 0.809. The molecule has 1 amide bonds. The maximum atomic E-state index is 12.4. The fourth-order valence-corrected chi connectivity index (χ4v) is 1.96. The van der Waals surface area contributed by atoms with Gasteiger partial charge in [-0.1, -0.05) is 19.1 Å². The van der Waals surface area contributed by atoms with E-state index in [0.29, 0.717) is 24.5 Å². The standard InChI is InChI=1S/C13H17N5O2/c1-2-6-18(7-8-19)13(20)11-5-3-4-10(9-11)12-14-16-17-15-12/h3-5,9,19H,2,6-8H2,1H3,(H,14,15,16,17). The van der Waals surface area contributed by atoms with E-state index in [9.17, 15) is 4.79 Å². The topological polar surface area (TPSA) is 95.0 Å². The van der Waals surface area contributed by atoms with E-state index in [4.69, 9.17) is 5.11 Å². The number of aliphatic hydroxyl groups is 1. The molecular formula is C13H17N5O2. The van der Waals surface area contributed by atoms with Gasteiger partial charge in [0.25, 0.3) is 5.91 Å². The zero-order valence-electron chi connectivity index (χ0n) is 11.3. The highest BCUT2D eigenvalue weighted by molar-refractivity contribution is 5.95. The summed E-state index contributed by atoms with van der Waals surface area (Å²) in [6, 6.07) is 7.07. The molecule has 0 spiro atoms. The van der Waals surface area contributed by atoms with E-state index in [1.54, 1.807) is 23.1 Å². The molecule has 0 saturated heterocycles. The van der Waals surface area contributed by atoms with Gasteiger partial charge in [0.1, 0.15) is 0 Å². The van der Waals surface area contributed by atoms with E-state index in [0.717, 1.165) is 12.0 Å². The van der Waals surface area contributed by atoms with Crippen LogP contribution in [-0.2, 0) is 0 Å². The van der Waals surface area contributed by atoms with Crippen LogP contribution in [0.5, 0.6) is 0 Å². The fraction of sp³-hybridized carbons (Fsp3) is 0.385. The zero-order chi connectivity index (χ0) is 14.4. The Kier molecular flexibility index (Phi) is 4.78. The average Bonchev–Trinajstić information content (AvgIpc) is 3.01. The van der Waals surface area contributed by atoms with Gasteiger partial charge in [-0.2, -0.15) is 5.21 Å². The SMILES string of the molecule is CCCN(CCO)C(=O)c1cccc(-c2nn[nH]n2)c1. The lowest BCUT2D eigenvalue weighted by Gasteiger charge is -2.21. The van der Waals surface area contributed by atoms with Gasteiger partial charge >= 0.3 is 0 Å². The van der Waals surface area contributed by atoms with Gasteiger partial charge in [0, 0.05) is 24.2 Å². The van der Waals surface area contributed by atoms with E-state index >= 15 is 0 Å². The van der Waals surface area contributed by atoms with Crippen molar-refractivity contribution in [1.82, 2.24) is 25.5 Å². The van der Waals surface area contributed by atoms with Crippen LogP contribution in [0.4, 0.5) is 0 Å². The van der Waals surface area contributed by atoms with Crippen LogP contribution < -0.4 is 0 Å². The minimum Gasteiger partial charge on any atom is -0.395 e. The first-order chi connectivity index (χ1) is 9.76. The monoisotopic (exact) mass is 275 g/mol. The maximum absolute atomic E-state index is 12.4. The van der Waals surface area contributed by atoms with Crippen LogP contribution in [0.1, 0.15) is 23.7 Å². The second kappa shape index (κ2) is 6.76. The van der Waals surface area contributed by atoms with E-state index in [2.05, 4.69) is 20.6 Å². The number of rotatable bonds is 6. The Morgan fingerprint density at radius 2 is 2.25 bits per heavy atom. The van der Waals surface area contributed by atoms with E-state index in [1.807, 2.05) is 13.0 Å². The number of benzene rings is 1. The molecule has 2 aromatic rings. The van der Waals surface area contributed by atoms with Crippen LogP contribution in [0.2, 0.25) is 0 Å². The lowest BCUT2D eigenvalue weighted by Crippen LogP contribution is -2.34. The number of aromatic amines is 1. The number of nitrogens with one attached hydrogen (secondary N) is 1. The molecule has 7 heteroatoms. The molecule has 0 saturated carbocycles. The molecule has 0 atom stereocenters. The van der Waals surface area contributed by atoms with Crippen molar-refractivity contribution in [3.05, 3.63) is 29.8 Å². The summed E-state index contributed by atoms with van der Waals surface area (Å²) in [7, 11) is 0. The number of hydrogen-bond acceptors (Lipinski definition) is 5. The molecule has 1 aromatic heterocycles. The molecule has 0 fully saturated rings. The molecule has 1 aromatic carbocycles. The third-order valence-corrected chi connectivity index (χ3v) is 2.86. The lowest BCUT2D eigenvalue weighted by molar-refractivity contribution is 0.0722. The summed E-state index contributed by atoms with van der Waals surface area (Å²) in [6.45, 7) is 2.90. The lowest BCUT2D eigenvalue weighted by atomic mass is 10.1. The third-order valence-electron chi connectivity index (χ3n) is 2.86. The van der Waals surface area contributed by atoms with Crippen LogP contribution in [0.15, 0.2) is 24.3 Å². The molecule has 0 aliphatic carbocycles. The number of nitrogens with zero attached hydrogens (tertiary/aromatic N) is 4. The van der Waals surface area contributed by atoms with Gasteiger partial charge in [0.15, 0.2) is 0 Å². The van der Waals surface area contributed by atoms with Crippen LogP contribution >= 0.6 is 0 Å². The van der Waals surface area contributed by atoms with Crippen molar-refractivity contribution in [3.63, 3.8) is 0 Å². The summed E-state index contributed by atoms with van der Waals surface area (Å²) in [4.78, 5) is 14.0. The van der Waals surface area contributed by atoms with Crippen LogP contribution in [0, 0.1) is 0 Å². The summed E-state index contributed by atoms with van der Waals surface area (Å²) >= 11 is 0. The van der Waals surface area contributed by atoms with E-state index in [-0.39, 0.29) is 12.5 Å². The molecule has 0 bridgehead atoms. The third kappa shape index (κ3) is 3.18. The molecule has 2 N–H and O–H groups in total. The number of tetrazole rings is 1. The average molecular weight is 275 g/mol. The molecule has 7 nitrogen and oxygen atoms in total. The Balaban J connectivity index is 2.23. The summed E-state index contributed by atoms with van der Waals surface area (Å²) in [5.41, 5.74) is 1.28. The number of hydrogen-bond donors (Lipinski definition) is 2. The highest BCUT2D eigenvalue weighted by atomic mass is 16.3. The van der Waals surface area contributed by atoms with Gasteiger partial charge in [-0.05, 0) is 23.8 Å². The smallest absolute Gasteiger partial charge is 0.253 e. The summed E-state index contributed by atoms with van der Waals surface area (Å²) < 4.78 is 0. The number of aliphatic hydroxyl groups excluding tert-OH is 1. The van der Waals surface area contributed by atoms with Crippen LogP contribution in [-0.4, -0.2) is 56.2 Å². The van der Waals surface area contributed by atoms with Crippen molar-refractivity contribution < 1.29 is 9.90 Å². The molecular weight excluding hydrogens is 258 g/mol. The Bertz CT molecular complexity index is 550. The molecule has 0 aliphatic rings. The second-order valence-corrected chi connectivity index (χ2v) is 4.33. The second-order valence-electron chi connectivity index (χ2n) is 4.33. The van der Waals surface area contributed by atoms with Gasteiger partial charge in [-0.25, -0.2) is 0 Å². The summed E-state index contributed by atoms with van der Waals surface area (Å²) in [5, 5.41) is 22.7. The summed E-state index contributed by atoms with van der Waals surface area (Å²) in [5.74, 6) is 0.343. The van der Waals surface area contributed by atoms with Gasteiger partial charge in [-0.3, -0.25) is 4.79 Å². The van der Waals surface area contributed by atoms with Gasteiger partial charge < -0.3 is 10.0 Å². The molecule has 2 rings (SSSR count). The summed E-state index contributed by atoms with van der Waals surface area (Å²) in [6.07, 6.45) is 0.844. The highest BCUT2D eigenvalue weighted by Crippen LogP contribution is 2.16. The van der Waals surface area contributed by atoms with Crippen molar-refractivity contribution in [2.24, 2.45) is 0 Å². The Hall–Kier alpha value is -2.28. The molecule has 20 heavy (non-hydrogen) atoms. The fourth-order valence-electron chi connectivity index (χ4n) is 1.96. The zero-order valence-corrected chi connectivity index (χ0v) is 11.3. The number of carbonyl (C=O) groups excluding carboxylic acids is 1. The highest BCUT2D eigenvalue weighted by Gasteiger charge is 2.15. The predicted molar refractivity (Wildman–Crippen MR) is 72.9 cm³/mol. The first-order valence-electron chi connectivity index (χ1n) is 6.50. The molecule has 1 heterocycles. The van der Waals surface area contributed by atoms with Crippen molar-refractivity contribution >= 4 is 5.91 Å².